The van der Waals surface area contributed by atoms with Crippen LogP contribution in [0.2, 0.25) is 0 Å². The number of aromatic hydroxyl groups is 2. The van der Waals surface area contributed by atoms with E-state index in [-0.39, 0.29) is 46.3 Å². The molecule has 1 spiro atoms. The van der Waals surface area contributed by atoms with Gasteiger partial charge in [0, 0.05) is 59.0 Å². The van der Waals surface area contributed by atoms with Crippen molar-refractivity contribution >= 4 is 46.8 Å². The number of carbonyl (C=O) groups excluding carboxylic acids is 3. The monoisotopic (exact) mass is 787 g/mol. The molecule has 4 aromatic carbocycles. The molecule has 288 valence electrons. The molecule has 2 aliphatic heterocycles. The number of phenols is 2. The largest absolute Gasteiger partial charge is 0.508 e. The van der Waals surface area contributed by atoms with Gasteiger partial charge in [-0.05, 0) is 98.0 Å². The van der Waals surface area contributed by atoms with Crippen LogP contribution in [0, 0.1) is 0 Å². The molecule has 55 heavy (non-hydrogen) atoms. The predicted octanol–water partition coefficient (Wildman–Crippen LogP) is 8.73. The lowest BCUT2D eigenvalue weighted by molar-refractivity contribution is -0.139. The van der Waals surface area contributed by atoms with Gasteiger partial charge in [-0.3, -0.25) is 9.59 Å². The van der Waals surface area contributed by atoms with E-state index in [0.717, 1.165) is 25.7 Å². The molecule has 0 saturated heterocycles. The maximum Gasteiger partial charge on any atom is 0.340 e. The van der Waals surface area contributed by atoms with E-state index in [4.69, 9.17) is 32.7 Å². The first kappa shape index (κ1) is 39.6. The Bertz CT molecular complexity index is 2010. The number of unbranched alkanes of at least 4 members (excludes halogenated alkanes) is 2. The molecule has 0 bridgehead atoms. The van der Waals surface area contributed by atoms with Crippen molar-refractivity contribution in [2.24, 2.45) is 0 Å². The molecule has 1 atom stereocenters. The van der Waals surface area contributed by atoms with Gasteiger partial charge in [0.25, 0.3) is 5.91 Å². The van der Waals surface area contributed by atoms with Crippen LogP contribution in [-0.2, 0) is 26.3 Å². The number of carboxylic acid groups (broad SMARTS) is 1. The first-order chi connectivity index (χ1) is 26.5. The van der Waals surface area contributed by atoms with E-state index in [1.807, 2.05) is 0 Å². The van der Waals surface area contributed by atoms with Crippen LogP contribution in [0.3, 0.4) is 0 Å². The molecule has 0 radical (unpaired) electrons. The van der Waals surface area contributed by atoms with Crippen LogP contribution in [0.4, 0.5) is 0 Å². The fraction of sp³-hybridized carbons (Fsp3) is 0.349. The Morgan fingerprint density at radius 3 is 1.98 bits per heavy atom. The molecule has 2 heterocycles. The molecular weight excluding hydrogens is 745 g/mol. The van der Waals surface area contributed by atoms with Gasteiger partial charge in [0.1, 0.15) is 34.8 Å². The number of benzene rings is 4. The summed E-state index contributed by atoms with van der Waals surface area (Å²) in [5, 5.41) is 32.9. The zero-order valence-electron chi connectivity index (χ0n) is 30.2. The molecule has 10 nitrogen and oxygen atoms in total. The Balaban J connectivity index is 1.03. The SMILES string of the molecule is O=C(CCCCCC(NC(=O)c1ccc2c(c1)C1(OC2=O)c2ccc(O)cc2Oc2cc(O)ccc21)C(=O)O)CCCc1ccc(C(CCCl)CCCl)cc1. The second kappa shape index (κ2) is 17.6. The Hall–Kier alpha value is -5.06. The van der Waals surface area contributed by atoms with Crippen LogP contribution >= 0.6 is 23.2 Å². The number of aliphatic carboxylic acids is 1. The van der Waals surface area contributed by atoms with Gasteiger partial charge in [-0.15, -0.1) is 23.2 Å². The quantitative estimate of drug-likeness (QED) is 0.0439. The summed E-state index contributed by atoms with van der Waals surface area (Å²) in [7, 11) is 0. The van der Waals surface area contributed by atoms with E-state index in [1.165, 1.54) is 53.6 Å². The fourth-order valence-electron chi connectivity index (χ4n) is 7.50. The molecule has 1 unspecified atom stereocenters. The van der Waals surface area contributed by atoms with Crippen LogP contribution in [0.25, 0.3) is 0 Å². The number of carbonyl (C=O) groups is 4. The number of alkyl halides is 2. The van der Waals surface area contributed by atoms with Crippen molar-refractivity contribution in [2.45, 2.75) is 81.8 Å². The van der Waals surface area contributed by atoms with Gasteiger partial charge in [-0.25, -0.2) is 9.59 Å². The third-order valence-electron chi connectivity index (χ3n) is 10.4. The maximum atomic E-state index is 13.5. The summed E-state index contributed by atoms with van der Waals surface area (Å²) in [4.78, 5) is 51.5. The number of fused-ring (bicyclic) bond motifs is 6. The molecule has 0 aromatic heterocycles. The van der Waals surface area contributed by atoms with Gasteiger partial charge in [0.05, 0.1) is 5.56 Å². The number of aryl methyl sites for hydroxylation is 1. The Morgan fingerprint density at radius 1 is 0.727 bits per heavy atom. The number of hydrogen-bond donors (Lipinski definition) is 4. The predicted molar refractivity (Wildman–Crippen MR) is 208 cm³/mol. The minimum absolute atomic E-state index is 0.0918. The van der Waals surface area contributed by atoms with Gasteiger partial charge in [-0.2, -0.15) is 0 Å². The minimum atomic E-state index is -1.57. The van der Waals surface area contributed by atoms with Crippen LogP contribution in [-0.4, -0.2) is 56.8 Å². The summed E-state index contributed by atoms with van der Waals surface area (Å²) in [5.74, 6) is -0.584. The van der Waals surface area contributed by atoms with E-state index >= 15 is 0 Å². The van der Waals surface area contributed by atoms with Gasteiger partial charge < -0.3 is 30.1 Å². The summed E-state index contributed by atoms with van der Waals surface area (Å²) >= 11 is 11.9. The van der Waals surface area contributed by atoms with Gasteiger partial charge in [0.2, 0.25) is 0 Å². The highest BCUT2D eigenvalue weighted by Gasteiger charge is 2.54. The topological polar surface area (TPSA) is 159 Å². The smallest absolute Gasteiger partial charge is 0.340 e. The zero-order valence-corrected chi connectivity index (χ0v) is 31.7. The average molecular weight is 789 g/mol. The molecule has 0 aliphatic carbocycles. The van der Waals surface area contributed by atoms with E-state index in [2.05, 4.69) is 29.6 Å². The second-order valence-corrected chi connectivity index (χ2v) is 14.8. The number of amides is 1. The number of nitrogens with one attached hydrogen (secondary N) is 1. The van der Waals surface area contributed by atoms with Crippen molar-refractivity contribution in [2.75, 3.05) is 11.8 Å². The van der Waals surface area contributed by atoms with Crippen molar-refractivity contribution in [3.8, 4) is 23.0 Å². The van der Waals surface area contributed by atoms with E-state index in [9.17, 15) is 34.5 Å². The molecule has 4 N–H and O–H groups in total. The first-order valence-corrected chi connectivity index (χ1v) is 19.6. The molecule has 6 rings (SSSR count). The molecular formula is C43H43Cl2NO9. The summed E-state index contributed by atoms with van der Waals surface area (Å²) in [5.41, 5.74) is 2.28. The molecule has 2 aliphatic rings. The number of halogens is 2. The number of ketones is 1. The zero-order chi connectivity index (χ0) is 39.1. The molecule has 4 aromatic rings. The summed E-state index contributed by atoms with van der Waals surface area (Å²) in [6.45, 7) is 0. The van der Waals surface area contributed by atoms with Crippen LogP contribution in [0.15, 0.2) is 78.9 Å². The normalized spacial score (nSPS) is 14.1. The Morgan fingerprint density at radius 2 is 1.36 bits per heavy atom. The van der Waals surface area contributed by atoms with Crippen LogP contribution in [0.1, 0.15) is 112 Å². The molecule has 12 heteroatoms. The maximum absolute atomic E-state index is 13.5. The third kappa shape index (κ3) is 8.76. The van der Waals surface area contributed by atoms with Crippen molar-refractivity contribution < 1.29 is 44.0 Å². The van der Waals surface area contributed by atoms with Crippen LogP contribution in [0.5, 0.6) is 23.0 Å². The highest BCUT2D eigenvalue weighted by Crippen LogP contribution is 2.57. The van der Waals surface area contributed by atoms with Crippen molar-refractivity contribution in [3.63, 3.8) is 0 Å². The van der Waals surface area contributed by atoms with Crippen LogP contribution < -0.4 is 10.1 Å². The molecule has 0 saturated carbocycles. The molecule has 0 fully saturated rings. The summed E-state index contributed by atoms with van der Waals surface area (Å²) < 4.78 is 12.0. The molecule has 1 amide bonds. The minimum Gasteiger partial charge on any atom is -0.508 e. The first-order valence-electron chi connectivity index (χ1n) is 18.5. The van der Waals surface area contributed by atoms with Gasteiger partial charge >= 0.3 is 11.9 Å². The second-order valence-electron chi connectivity index (χ2n) is 14.0. The van der Waals surface area contributed by atoms with E-state index in [0.29, 0.717) is 66.5 Å². The summed E-state index contributed by atoms with van der Waals surface area (Å²) in [6, 6.07) is 20.4. The average Bonchev–Trinajstić information content (AvgIpc) is 3.45. The number of rotatable bonds is 18. The van der Waals surface area contributed by atoms with Gasteiger partial charge in [0.15, 0.2) is 5.60 Å². The number of hydrogen-bond acceptors (Lipinski definition) is 8. The van der Waals surface area contributed by atoms with E-state index in [1.54, 1.807) is 12.1 Å². The highest BCUT2D eigenvalue weighted by molar-refractivity contribution is 6.18. The number of ether oxygens (including phenoxy) is 2. The van der Waals surface area contributed by atoms with Gasteiger partial charge in [-0.1, -0.05) is 37.1 Å². The Kier molecular flexibility index (Phi) is 12.7. The van der Waals surface area contributed by atoms with Crippen molar-refractivity contribution in [1.29, 1.82) is 0 Å². The van der Waals surface area contributed by atoms with Crippen molar-refractivity contribution in [3.05, 3.63) is 118 Å². The Labute approximate surface area is 329 Å². The number of esters is 1. The lowest BCUT2D eigenvalue weighted by atomic mass is 9.77. The van der Waals surface area contributed by atoms with E-state index < -0.39 is 29.5 Å². The number of phenolic OH excluding ortho intramolecular Hbond substituents is 2. The standard InChI is InChI=1S/C43H43Cl2NO9/c44-21-19-28(20-22-45)27-11-9-26(10-12-27)5-4-7-30(47)6-2-1-3-8-37(41(51)52)46-40(50)29-13-16-33-36(23-29)43(55-42(33)53)34-17-14-31(48)24-38(34)54-39-25-32(49)15-18-35(39)43/h9-18,23-25,28,37,48-49H,1-8,19-22H2,(H,46,50)(H,51,52). The highest BCUT2D eigenvalue weighted by atomic mass is 35.5. The fourth-order valence-corrected chi connectivity index (χ4v) is 8.03. The third-order valence-corrected chi connectivity index (χ3v) is 10.8. The number of carboxylic acids is 1. The lowest BCUT2D eigenvalue weighted by Gasteiger charge is -2.36. The van der Waals surface area contributed by atoms with Crippen molar-refractivity contribution in [1.82, 2.24) is 5.32 Å². The summed E-state index contributed by atoms with van der Waals surface area (Å²) in [6.07, 6.45) is 6.13. The number of Topliss-reactive ketones (excluding diaryl/α,β-unsaturated/α-hetero) is 1. The lowest BCUT2D eigenvalue weighted by Crippen LogP contribution is -2.41.